The van der Waals surface area contributed by atoms with E-state index in [2.05, 4.69) is 15.9 Å². The zero-order valence-electron chi connectivity index (χ0n) is 16.9. The molecule has 0 bridgehead atoms. The van der Waals surface area contributed by atoms with Crippen LogP contribution in [0.15, 0.2) is 77.3 Å². The minimum absolute atomic E-state index is 0.322. The molecular weight excluding hydrogens is 496 g/mol. The van der Waals surface area contributed by atoms with Crippen molar-refractivity contribution in [2.45, 2.75) is 12.1 Å². The van der Waals surface area contributed by atoms with Gasteiger partial charge in [0.15, 0.2) is 6.10 Å². The van der Waals surface area contributed by atoms with Gasteiger partial charge >= 0.3 is 0 Å². The van der Waals surface area contributed by atoms with Crippen LogP contribution in [0.4, 0.5) is 11.4 Å². The molecule has 5 rings (SSSR count). The Balaban J connectivity index is 1.60. The van der Waals surface area contributed by atoms with Gasteiger partial charge in [0.1, 0.15) is 11.7 Å². The van der Waals surface area contributed by atoms with Crippen LogP contribution in [0.3, 0.4) is 0 Å². The molecule has 2 saturated heterocycles. The Hall–Kier alpha value is -2.87. The van der Waals surface area contributed by atoms with Crippen molar-refractivity contribution in [3.8, 4) is 5.75 Å². The largest absolute Gasteiger partial charge is 0.496 e. The molecule has 0 radical (unpaired) electrons. The molecule has 0 saturated carbocycles. The van der Waals surface area contributed by atoms with Crippen molar-refractivity contribution < 1.29 is 19.2 Å². The van der Waals surface area contributed by atoms with Crippen molar-refractivity contribution in [3.05, 3.63) is 87.9 Å². The Bertz CT molecular complexity index is 1210. The number of ether oxygens (including phenoxy) is 1. The number of carbonyl (C=O) groups is 2. The number of hydrogen-bond donors (Lipinski definition) is 0. The molecule has 162 valence electrons. The predicted octanol–water partition coefficient (Wildman–Crippen LogP) is 5.16. The molecule has 0 spiro atoms. The van der Waals surface area contributed by atoms with E-state index < -0.39 is 24.0 Å². The number of amides is 2. The lowest BCUT2D eigenvalue weighted by Crippen LogP contribution is -2.37. The lowest BCUT2D eigenvalue weighted by atomic mass is 9.90. The van der Waals surface area contributed by atoms with Crippen LogP contribution in [-0.2, 0) is 14.4 Å². The minimum Gasteiger partial charge on any atom is -0.496 e. The number of hydroxylamine groups is 1. The van der Waals surface area contributed by atoms with Gasteiger partial charge in [-0.15, -0.1) is 0 Å². The standard InChI is InChI=1S/C24H18BrClN2O4/c1-31-19-11-10-14(12-18(19)25)21-20-22(32-28(21)16-7-3-2-4-8-16)24(30)27(23(20)29)17-9-5-6-15(26)13-17/h2-13,20-22H,1H3/t20-,21+,22-/m0/s1. The van der Waals surface area contributed by atoms with Crippen molar-refractivity contribution >= 4 is 50.7 Å². The number of hydrogen-bond acceptors (Lipinski definition) is 5. The molecule has 32 heavy (non-hydrogen) atoms. The third-order valence-corrected chi connectivity index (χ3v) is 6.56. The first-order valence-corrected chi connectivity index (χ1v) is 11.1. The number of anilines is 2. The number of methoxy groups -OCH3 is 1. The highest BCUT2D eigenvalue weighted by Crippen LogP contribution is 2.48. The van der Waals surface area contributed by atoms with E-state index in [4.69, 9.17) is 21.2 Å². The summed E-state index contributed by atoms with van der Waals surface area (Å²) in [6.45, 7) is 0. The normalized spacial score (nSPS) is 22.4. The van der Waals surface area contributed by atoms with E-state index in [1.165, 1.54) is 4.90 Å². The summed E-state index contributed by atoms with van der Waals surface area (Å²) in [6.07, 6.45) is -0.937. The highest BCUT2D eigenvalue weighted by molar-refractivity contribution is 9.10. The van der Waals surface area contributed by atoms with Crippen LogP contribution in [0.1, 0.15) is 11.6 Å². The maximum absolute atomic E-state index is 13.6. The van der Waals surface area contributed by atoms with Crippen molar-refractivity contribution in [1.29, 1.82) is 0 Å². The molecule has 8 heteroatoms. The number of fused-ring (bicyclic) bond motifs is 1. The second-order valence-corrected chi connectivity index (χ2v) is 8.83. The highest BCUT2D eigenvalue weighted by atomic mass is 79.9. The quantitative estimate of drug-likeness (QED) is 0.451. The summed E-state index contributed by atoms with van der Waals surface area (Å²) in [5.41, 5.74) is 2.02. The van der Waals surface area contributed by atoms with Crippen molar-refractivity contribution in [3.63, 3.8) is 0 Å². The van der Waals surface area contributed by atoms with Gasteiger partial charge in [-0.25, -0.2) is 9.96 Å². The molecule has 6 nitrogen and oxygen atoms in total. The molecule has 3 aromatic rings. The van der Waals surface area contributed by atoms with E-state index in [9.17, 15) is 9.59 Å². The van der Waals surface area contributed by atoms with E-state index in [-0.39, 0.29) is 5.91 Å². The number of carbonyl (C=O) groups excluding carboxylic acids is 2. The summed E-state index contributed by atoms with van der Waals surface area (Å²) in [7, 11) is 1.59. The lowest BCUT2D eigenvalue weighted by molar-refractivity contribution is -0.126. The van der Waals surface area contributed by atoms with E-state index >= 15 is 0 Å². The molecule has 0 unspecified atom stereocenters. The Morgan fingerprint density at radius 1 is 0.938 bits per heavy atom. The Labute approximate surface area is 198 Å². The van der Waals surface area contributed by atoms with Gasteiger partial charge in [-0.05, 0) is 64.0 Å². The minimum atomic E-state index is -0.937. The summed E-state index contributed by atoms with van der Waals surface area (Å²) in [5, 5.41) is 2.11. The Kier molecular flexibility index (Phi) is 5.41. The van der Waals surface area contributed by atoms with Crippen molar-refractivity contribution in [2.24, 2.45) is 5.92 Å². The summed E-state index contributed by atoms with van der Waals surface area (Å²) in [6, 6.07) is 21.2. The molecule has 3 atom stereocenters. The second kappa shape index (κ2) is 8.24. The zero-order valence-corrected chi connectivity index (χ0v) is 19.3. The molecule has 3 aromatic carbocycles. The summed E-state index contributed by atoms with van der Waals surface area (Å²) in [4.78, 5) is 34.2. The first-order valence-electron chi connectivity index (χ1n) is 9.97. The SMILES string of the molecule is COc1ccc([C@@H]2[C@@H]3C(=O)N(c4cccc(Cl)c4)C(=O)[C@H]3ON2c2ccccc2)cc1Br. The number of rotatable bonds is 4. The van der Waals surface area contributed by atoms with Crippen LogP contribution in [0.25, 0.3) is 0 Å². The molecule has 2 amide bonds. The second-order valence-electron chi connectivity index (χ2n) is 7.54. The third-order valence-electron chi connectivity index (χ3n) is 5.71. The molecule has 2 aliphatic heterocycles. The van der Waals surface area contributed by atoms with E-state index in [0.29, 0.717) is 16.5 Å². The topological polar surface area (TPSA) is 59.1 Å². The summed E-state index contributed by atoms with van der Waals surface area (Å²) >= 11 is 9.63. The van der Waals surface area contributed by atoms with Gasteiger partial charge in [0.25, 0.3) is 5.91 Å². The number of benzene rings is 3. The molecule has 0 N–H and O–H groups in total. The van der Waals surface area contributed by atoms with Crippen LogP contribution in [-0.4, -0.2) is 25.0 Å². The van der Waals surface area contributed by atoms with Gasteiger partial charge in [-0.1, -0.05) is 41.9 Å². The Morgan fingerprint density at radius 3 is 2.38 bits per heavy atom. The molecule has 0 aromatic heterocycles. The van der Waals surface area contributed by atoms with Crippen molar-refractivity contribution in [2.75, 3.05) is 17.1 Å². The number of halogens is 2. The average Bonchev–Trinajstić information content (AvgIpc) is 3.30. The van der Waals surface area contributed by atoms with E-state index in [0.717, 1.165) is 15.7 Å². The molecule has 2 heterocycles. The van der Waals surface area contributed by atoms with Gasteiger partial charge in [0.2, 0.25) is 5.91 Å². The number of para-hydroxylation sites is 1. The van der Waals surface area contributed by atoms with Crippen LogP contribution in [0.2, 0.25) is 5.02 Å². The maximum atomic E-state index is 13.6. The first-order chi connectivity index (χ1) is 15.5. The fourth-order valence-electron chi connectivity index (χ4n) is 4.29. The summed E-state index contributed by atoms with van der Waals surface area (Å²) < 4.78 is 6.10. The van der Waals surface area contributed by atoms with Crippen LogP contribution in [0, 0.1) is 5.92 Å². The van der Waals surface area contributed by atoms with Gasteiger partial charge < -0.3 is 4.74 Å². The van der Waals surface area contributed by atoms with Crippen molar-refractivity contribution in [1.82, 2.24) is 0 Å². The maximum Gasteiger partial charge on any atom is 0.266 e. The molecule has 2 aliphatic rings. The van der Waals surface area contributed by atoms with Crippen LogP contribution in [0.5, 0.6) is 5.75 Å². The van der Waals surface area contributed by atoms with Crippen LogP contribution >= 0.6 is 27.5 Å². The van der Waals surface area contributed by atoms with Gasteiger partial charge in [-0.2, -0.15) is 0 Å². The molecule has 0 aliphatic carbocycles. The fourth-order valence-corrected chi connectivity index (χ4v) is 5.03. The predicted molar refractivity (Wildman–Crippen MR) is 125 cm³/mol. The van der Waals surface area contributed by atoms with Gasteiger partial charge in [0.05, 0.1) is 29.0 Å². The average molecular weight is 514 g/mol. The number of nitrogens with zero attached hydrogens (tertiary/aromatic N) is 2. The molecule has 2 fully saturated rings. The Morgan fingerprint density at radius 2 is 1.69 bits per heavy atom. The van der Waals surface area contributed by atoms with E-state index in [1.54, 1.807) is 36.4 Å². The first kappa shape index (κ1) is 21.0. The van der Waals surface area contributed by atoms with Gasteiger partial charge in [0, 0.05) is 5.02 Å². The smallest absolute Gasteiger partial charge is 0.266 e. The lowest BCUT2D eigenvalue weighted by Gasteiger charge is -2.29. The van der Waals surface area contributed by atoms with E-state index in [1.807, 2.05) is 48.5 Å². The summed E-state index contributed by atoms with van der Waals surface area (Å²) in [5.74, 6) is -0.775. The fraction of sp³-hybridized carbons (Fsp3) is 0.167. The number of imide groups is 1. The zero-order chi connectivity index (χ0) is 22.4. The van der Waals surface area contributed by atoms with Crippen LogP contribution < -0.4 is 14.7 Å². The highest BCUT2D eigenvalue weighted by Gasteiger charge is 2.60. The van der Waals surface area contributed by atoms with Gasteiger partial charge in [-0.3, -0.25) is 14.4 Å². The molecular formula is C24H18BrClN2O4. The monoisotopic (exact) mass is 512 g/mol. The third kappa shape index (κ3) is 3.37.